The molecule has 4 rings (SSSR count). The maximum absolute atomic E-state index is 14.4. The van der Waals surface area contributed by atoms with Crippen molar-refractivity contribution in [3.05, 3.63) is 59.9 Å². The highest BCUT2D eigenvalue weighted by Gasteiger charge is 2.30. The molecule has 1 aliphatic heterocycles. The number of fused-ring (bicyclic) bond motifs is 1. The zero-order valence-corrected chi connectivity index (χ0v) is 19.2. The molecule has 1 aliphatic rings. The van der Waals surface area contributed by atoms with Gasteiger partial charge in [0.05, 0.1) is 17.6 Å². The quantitative estimate of drug-likeness (QED) is 0.571. The Bertz CT molecular complexity index is 1100. The minimum atomic E-state index is -0.498. The monoisotopic (exact) mass is 438 g/mol. The molecule has 0 radical (unpaired) electrons. The standard InChI is InChI=1S/C25H31FN4O2/c1-25(2,3)32-24(31)29-15-13-19(14-16-29)28(4)23-27-21-11-7-8-12-22(21)30(23)17-18-9-5-6-10-20(18)26/h5-12,19H,13-17H2,1-4H3. The summed E-state index contributed by atoms with van der Waals surface area (Å²) in [5, 5.41) is 0. The number of rotatable bonds is 4. The predicted octanol–water partition coefficient (Wildman–Crippen LogP) is 5.06. The van der Waals surface area contributed by atoms with Crippen LogP contribution in [0.25, 0.3) is 11.0 Å². The molecular formula is C25H31FN4O2. The summed E-state index contributed by atoms with van der Waals surface area (Å²) in [6.07, 6.45) is 1.38. The topological polar surface area (TPSA) is 50.6 Å². The average Bonchev–Trinajstić information content (AvgIpc) is 3.12. The van der Waals surface area contributed by atoms with E-state index in [1.54, 1.807) is 11.0 Å². The van der Waals surface area contributed by atoms with Gasteiger partial charge in [-0.25, -0.2) is 14.2 Å². The third kappa shape index (κ3) is 4.71. The van der Waals surface area contributed by atoms with E-state index in [1.807, 2.05) is 64.2 Å². The number of para-hydroxylation sites is 2. The molecule has 0 atom stereocenters. The minimum Gasteiger partial charge on any atom is -0.444 e. The zero-order chi connectivity index (χ0) is 22.9. The molecule has 32 heavy (non-hydrogen) atoms. The second-order valence-corrected chi connectivity index (χ2v) is 9.39. The van der Waals surface area contributed by atoms with E-state index < -0.39 is 5.60 Å². The Kier molecular flexibility index (Phi) is 6.09. The van der Waals surface area contributed by atoms with Crippen molar-refractivity contribution in [2.45, 2.75) is 51.8 Å². The fraction of sp³-hybridized carbons (Fsp3) is 0.440. The Morgan fingerprint density at radius 3 is 2.47 bits per heavy atom. The lowest BCUT2D eigenvalue weighted by molar-refractivity contribution is 0.0205. The molecule has 0 unspecified atom stereocenters. The van der Waals surface area contributed by atoms with E-state index in [4.69, 9.17) is 9.72 Å². The summed E-state index contributed by atoms with van der Waals surface area (Å²) in [7, 11) is 2.03. The molecule has 0 bridgehead atoms. The molecule has 3 aromatic rings. The first-order chi connectivity index (χ1) is 15.2. The Morgan fingerprint density at radius 2 is 1.78 bits per heavy atom. The molecule has 1 fully saturated rings. The number of benzene rings is 2. The van der Waals surface area contributed by atoms with Crippen LogP contribution in [0.15, 0.2) is 48.5 Å². The molecule has 1 aromatic heterocycles. The number of ether oxygens (including phenoxy) is 1. The van der Waals surface area contributed by atoms with E-state index in [1.165, 1.54) is 6.07 Å². The van der Waals surface area contributed by atoms with Crippen LogP contribution >= 0.6 is 0 Å². The van der Waals surface area contributed by atoms with Gasteiger partial charge in [-0.2, -0.15) is 0 Å². The van der Waals surface area contributed by atoms with Gasteiger partial charge in [-0.1, -0.05) is 30.3 Å². The zero-order valence-electron chi connectivity index (χ0n) is 19.2. The van der Waals surface area contributed by atoms with E-state index in [9.17, 15) is 9.18 Å². The molecule has 1 saturated heterocycles. The summed E-state index contributed by atoms with van der Waals surface area (Å²) < 4.78 is 22.0. The normalized spacial score (nSPS) is 15.2. The number of aromatic nitrogens is 2. The molecule has 2 aromatic carbocycles. The van der Waals surface area contributed by atoms with Crippen LogP contribution in [0, 0.1) is 5.82 Å². The van der Waals surface area contributed by atoms with Crippen LogP contribution in [0.4, 0.5) is 15.1 Å². The van der Waals surface area contributed by atoms with Gasteiger partial charge in [-0.15, -0.1) is 0 Å². The molecule has 0 spiro atoms. The predicted molar refractivity (Wildman–Crippen MR) is 124 cm³/mol. The first kappa shape index (κ1) is 22.1. The van der Waals surface area contributed by atoms with Gasteiger partial charge >= 0.3 is 6.09 Å². The Morgan fingerprint density at radius 1 is 1.12 bits per heavy atom. The van der Waals surface area contributed by atoms with Crippen LogP contribution in [0.3, 0.4) is 0 Å². The van der Waals surface area contributed by atoms with Crippen molar-refractivity contribution in [1.82, 2.24) is 14.5 Å². The van der Waals surface area contributed by atoms with Crippen molar-refractivity contribution in [1.29, 1.82) is 0 Å². The molecule has 7 heteroatoms. The van der Waals surface area contributed by atoms with Crippen molar-refractivity contribution in [2.75, 3.05) is 25.0 Å². The lowest BCUT2D eigenvalue weighted by atomic mass is 10.0. The van der Waals surface area contributed by atoms with Gasteiger partial charge in [0, 0.05) is 31.7 Å². The van der Waals surface area contributed by atoms with Crippen molar-refractivity contribution >= 4 is 23.1 Å². The third-order valence-corrected chi connectivity index (χ3v) is 5.90. The number of imidazole rings is 1. The molecule has 0 N–H and O–H groups in total. The average molecular weight is 439 g/mol. The Hall–Kier alpha value is -3.09. The molecule has 0 aliphatic carbocycles. The number of likely N-dealkylation sites (tertiary alicyclic amines) is 1. The van der Waals surface area contributed by atoms with Crippen molar-refractivity contribution in [3.8, 4) is 0 Å². The fourth-order valence-electron chi connectivity index (χ4n) is 4.21. The maximum atomic E-state index is 14.4. The number of carbonyl (C=O) groups is 1. The van der Waals surface area contributed by atoms with Crippen LogP contribution in [0.5, 0.6) is 0 Å². The number of amides is 1. The van der Waals surface area contributed by atoms with Gasteiger partial charge in [0.2, 0.25) is 5.95 Å². The first-order valence-electron chi connectivity index (χ1n) is 11.1. The number of hydrogen-bond acceptors (Lipinski definition) is 4. The van der Waals surface area contributed by atoms with Gasteiger partial charge in [0.25, 0.3) is 0 Å². The van der Waals surface area contributed by atoms with E-state index in [0.717, 1.165) is 29.8 Å². The third-order valence-electron chi connectivity index (χ3n) is 5.90. The van der Waals surface area contributed by atoms with Gasteiger partial charge in [-0.3, -0.25) is 0 Å². The van der Waals surface area contributed by atoms with E-state index in [2.05, 4.69) is 9.47 Å². The summed E-state index contributed by atoms with van der Waals surface area (Å²) in [6.45, 7) is 7.32. The molecule has 2 heterocycles. The molecule has 6 nitrogen and oxygen atoms in total. The van der Waals surface area contributed by atoms with Crippen LogP contribution in [-0.4, -0.2) is 52.3 Å². The summed E-state index contributed by atoms with van der Waals surface area (Å²) in [5.74, 6) is 0.592. The summed E-state index contributed by atoms with van der Waals surface area (Å²) in [6, 6.07) is 15.0. The fourth-order valence-corrected chi connectivity index (χ4v) is 4.21. The lowest BCUT2D eigenvalue weighted by Crippen LogP contribution is -2.47. The van der Waals surface area contributed by atoms with Crippen molar-refractivity contribution < 1.29 is 13.9 Å². The van der Waals surface area contributed by atoms with Crippen LogP contribution in [-0.2, 0) is 11.3 Å². The van der Waals surface area contributed by atoms with Crippen molar-refractivity contribution in [2.24, 2.45) is 0 Å². The summed E-state index contributed by atoms with van der Waals surface area (Å²) >= 11 is 0. The molecule has 0 saturated carbocycles. The number of carbonyl (C=O) groups excluding carboxylic acids is 1. The first-order valence-corrected chi connectivity index (χ1v) is 11.1. The van der Waals surface area contributed by atoms with Crippen molar-refractivity contribution in [3.63, 3.8) is 0 Å². The largest absolute Gasteiger partial charge is 0.444 e. The number of hydrogen-bond donors (Lipinski definition) is 0. The highest BCUT2D eigenvalue weighted by molar-refractivity contribution is 5.79. The number of piperidine rings is 1. The molecule has 1 amide bonds. The maximum Gasteiger partial charge on any atom is 0.410 e. The SMILES string of the molecule is CN(c1nc2ccccc2n1Cc1ccccc1F)C1CCN(C(=O)OC(C)(C)C)CC1. The van der Waals surface area contributed by atoms with Crippen LogP contribution < -0.4 is 4.90 Å². The molecule has 170 valence electrons. The lowest BCUT2D eigenvalue weighted by Gasteiger charge is -2.37. The van der Waals surface area contributed by atoms with E-state index >= 15 is 0 Å². The highest BCUT2D eigenvalue weighted by Crippen LogP contribution is 2.28. The van der Waals surface area contributed by atoms with E-state index in [0.29, 0.717) is 25.2 Å². The number of halogens is 1. The van der Waals surface area contributed by atoms with Gasteiger partial charge in [0.1, 0.15) is 11.4 Å². The highest BCUT2D eigenvalue weighted by atomic mass is 19.1. The summed E-state index contributed by atoms with van der Waals surface area (Å²) in [5.41, 5.74) is 1.99. The van der Waals surface area contributed by atoms with Gasteiger partial charge < -0.3 is 19.1 Å². The van der Waals surface area contributed by atoms with Gasteiger partial charge in [0.15, 0.2) is 0 Å². The van der Waals surface area contributed by atoms with Crippen LogP contribution in [0.2, 0.25) is 0 Å². The summed E-state index contributed by atoms with van der Waals surface area (Å²) in [4.78, 5) is 21.2. The minimum absolute atomic E-state index is 0.218. The Labute approximate surface area is 188 Å². The Balaban J connectivity index is 1.55. The van der Waals surface area contributed by atoms with E-state index in [-0.39, 0.29) is 18.0 Å². The molecular weight excluding hydrogens is 407 g/mol. The smallest absolute Gasteiger partial charge is 0.410 e. The van der Waals surface area contributed by atoms with Crippen LogP contribution in [0.1, 0.15) is 39.2 Å². The second-order valence-electron chi connectivity index (χ2n) is 9.39. The number of nitrogens with zero attached hydrogens (tertiary/aromatic N) is 4. The number of anilines is 1. The van der Waals surface area contributed by atoms with Gasteiger partial charge in [-0.05, 0) is 51.8 Å². The second kappa shape index (κ2) is 8.81.